The fourth-order valence-electron chi connectivity index (χ4n) is 4.64. The first kappa shape index (κ1) is 21.8. The Bertz CT molecular complexity index is 873. The minimum Gasteiger partial charge on any atom is -0.381 e. The molecule has 3 N–H and O–H groups in total. The summed E-state index contributed by atoms with van der Waals surface area (Å²) in [4.78, 5) is 9.13. The zero-order valence-electron chi connectivity index (χ0n) is 18.9. The first-order valence-corrected chi connectivity index (χ1v) is 11.4. The van der Waals surface area contributed by atoms with Gasteiger partial charge in [-0.1, -0.05) is 30.3 Å². The SMILES string of the molecule is CN=C(NCC1(NC(C)c2ccccc2)CCOCC1)NC1CCCn2nc(C)nc21. The van der Waals surface area contributed by atoms with E-state index in [1.807, 2.05) is 18.7 Å². The van der Waals surface area contributed by atoms with Gasteiger partial charge in [0.25, 0.3) is 0 Å². The van der Waals surface area contributed by atoms with E-state index in [-0.39, 0.29) is 17.6 Å². The molecule has 8 heteroatoms. The number of aromatic nitrogens is 3. The average molecular weight is 426 g/mol. The highest BCUT2D eigenvalue weighted by molar-refractivity contribution is 5.80. The topological polar surface area (TPSA) is 88.4 Å². The van der Waals surface area contributed by atoms with Crippen LogP contribution >= 0.6 is 0 Å². The van der Waals surface area contributed by atoms with Crippen LogP contribution in [0.3, 0.4) is 0 Å². The molecule has 2 atom stereocenters. The van der Waals surface area contributed by atoms with E-state index in [4.69, 9.17) is 4.74 Å². The van der Waals surface area contributed by atoms with Crippen LogP contribution in [0, 0.1) is 6.92 Å². The summed E-state index contributed by atoms with van der Waals surface area (Å²) in [5.74, 6) is 2.63. The van der Waals surface area contributed by atoms with Crippen molar-refractivity contribution in [1.29, 1.82) is 0 Å². The molecule has 1 aromatic heterocycles. The molecule has 3 heterocycles. The summed E-state index contributed by atoms with van der Waals surface area (Å²) in [5, 5.41) is 15.6. The van der Waals surface area contributed by atoms with Crippen LogP contribution in [0.1, 0.15) is 61.9 Å². The molecule has 2 aromatic rings. The highest BCUT2D eigenvalue weighted by Crippen LogP contribution is 2.26. The molecule has 0 bridgehead atoms. The quantitative estimate of drug-likeness (QED) is 0.487. The highest BCUT2D eigenvalue weighted by Gasteiger charge is 2.34. The summed E-state index contributed by atoms with van der Waals surface area (Å²) in [7, 11) is 1.82. The molecular weight excluding hydrogens is 390 g/mol. The third-order valence-electron chi connectivity index (χ3n) is 6.38. The Morgan fingerprint density at radius 3 is 2.81 bits per heavy atom. The van der Waals surface area contributed by atoms with E-state index >= 15 is 0 Å². The second kappa shape index (κ2) is 9.78. The lowest BCUT2D eigenvalue weighted by Crippen LogP contribution is -2.58. The van der Waals surface area contributed by atoms with Gasteiger partial charge in [0.2, 0.25) is 0 Å². The van der Waals surface area contributed by atoms with E-state index in [1.165, 1.54) is 5.56 Å². The molecule has 0 amide bonds. The van der Waals surface area contributed by atoms with Gasteiger partial charge in [0.15, 0.2) is 5.96 Å². The Labute approximate surface area is 184 Å². The number of aryl methyl sites for hydroxylation is 2. The van der Waals surface area contributed by atoms with Crippen molar-refractivity contribution in [2.24, 2.45) is 4.99 Å². The minimum atomic E-state index is -0.0473. The molecule has 8 nitrogen and oxygen atoms in total. The molecule has 2 aliphatic heterocycles. The molecule has 1 aromatic carbocycles. The van der Waals surface area contributed by atoms with E-state index in [0.717, 1.165) is 69.6 Å². The summed E-state index contributed by atoms with van der Waals surface area (Å²) in [5.41, 5.74) is 1.25. The molecule has 0 spiro atoms. The Morgan fingerprint density at radius 2 is 2.06 bits per heavy atom. The Morgan fingerprint density at radius 1 is 1.29 bits per heavy atom. The standard InChI is InChI=1S/C23H35N7O/c1-17(19-8-5-4-6-9-19)28-23(11-14-31-15-12-23)16-25-22(24-3)27-20-10-7-13-30-21(20)26-18(2)29-30/h4-6,8-9,17,20,28H,7,10-16H2,1-3H3,(H2,24,25,27). The predicted octanol–water partition coefficient (Wildman–Crippen LogP) is 2.49. The predicted molar refractivity (Wildman–Crippen MR) is 122 cm³/mol. The summed E-state index contributed by atoms with van der Waals surface area (Å²) < 4.78 is 7.70. The van der Waals surface area contributed by atoms with Crippen LogP contribution in [-0.2, 0) is 11.3 Å². The van der Waals surface area contributed by atoms with Crippen LogP contribution in [0.15, 0.2) is 35.3 Å². The number of benzene rings is 1. The van der Waals surface area contributed by atoms with Gasteiger partial charge in [0, 0.05) is 44.9 Å². The summed E-state index contributed by atoms with van der Waals surface area (Å²) in [6.45, 7) is 7.44. The summed E-state index contributed by atoms with van der Waals surface area (Å²) in [6, 6.07) is 11.0. The number of nitrogens with zero attached hydrogens (tertiary/aromatic N) is 4. The van der Waals surface area contributed by atoms with Crippen LogP contribution in [0.2, 0.25) is 0 Å². The molecule has 0 radical (unpaired) electrons. The summed E-state index contributed by atoms with van der Waals surface area (Å²) >= 11 is 0. The molecule has 1 fully saturated rings. The normalized spacial score (nSPS) is 21.9. The maximum absolute atomic E-state index is 5.68. The number of rotatable bonds is 6. The van der Waals surface area contributed by atoms with E-state index < -0.39 is 0 Å². The molecule has 1 saturated heterocycles. The van der Waals surface area contributed by atoms with Gasteiger partial charge in [-0.05, 0) is 45.1 Å². The van der Waals surface area contributed by atoms with Crippen molar-refractivity contribution in [3.8, 4) is 0 Å². The van der Waals surface area contributed by atoms with Crippen LogP contribution in [0.5, 0.6) is 0 Å². The smallest absolute Gasteiger partial charge is 0.191 e. The molecule has 0 saturated carbocycles. The molecule has 31 heavy (non-hydrogen) atoms. The second-order valence-corrected chi connectivity index (χ2v) is 8.67. The average Bonchev–Trinajstić information content (AvgIpc) is 3.19. The van der Waals surface area contributed by atoms with Gasteiger partial charge in [0.05, 0.1) is 6.04 Å². The Kier molecular flexibility index (Phi) is 6.87. The van der Waals surface area contributed by atoms with E-state index in [0.29, 0.717) is 0 Å². The second-order valence-electron chi connectivity index (χ2n) is 8.67. The van der Waals surface area contributed by atoms with Crippen molar-refractivity contribution in [1.82, 2.24) is 30.7 Å². The van der Waals surface area contributed by atoms with Crippen LogP contribution in [-0.4, -0.2) is 53.1 Å². The molecular formula is C23H35N7O. The largest absolute Gasteiger partial charge is 0.381 e. The fourth-order valence-corrected chi connectivity index (χ4v) is 4.64. The van der Waals surface area contributed by atoms with Crippen molar-refractivity contribution in [3.05, 3.63) is 47.5 Å². The third-order valence-corrected chi connectivity index (χ3v) is 6.38. The lowest BCUT2D eigenvalue weighted by molar-refractivity contribution is 0.0354. The van der Waals surface area contributed by atoms with E-state index in [1.54, 1.807) is 0 Å². The Hall–Kier alpha value is -2.45. The van der Waals surface area contributed by atoms with Crippen molar-refractivity contribution >= 4 is 5.96 Å². The Balaban J connectivity index is 1.41. The minimum absolute atomic E-state index is 0.0473. The van der Waals surface area contributed by atoms with E-state index in [9.17, 15) is 0 Å². The van der Waals surface area contributed by atoms with E-state index in [2.05, 4.69) is 68.3 Å². The van der Waals surface area contributed by atoms with Crippen molar-refractivity contribution in [2.45, 2.75) is 63.7 Å². The van der Waals surface area contributed by atoms with Gasteiger partial charge in [-0.3, -0.25) is 4.99 Å². The highest BCUT2D eigenvalue weighted by atomic mass is 16.5. The fraction of sp³-hybridized carbons (Fsp3) is 0.609. The van der Waals surface area contributed by atoms with Crippen LogP contribution in [0.25, 0.3) is 0 Å². The monoisotopic (exact) mass is 425 g/mol. The van der Waals surface area contributed by atoms with Gasteiger partial charge < -0.3 is 20.7 Å². The molecule has 2 unspecified atom stereocenters. The first-order chi connectivity index (χ1) is 15.1. The van der Waals surface area contributed by atoms with Crippen molar-refractivity contribution < 1.29 is 4.74 Å². The lowest BCUT2D eigenvalue weighted by Gasteiger charge is -2.41. The van der Waals surface area contributed by atoms with Gasteiger partial charge in [-0.15, -0.1) is 0 Å². The molecule has 4 rings (SSSR count). The first-order valence-electron chi connectivity index (χ1n) is 11.4. The van der Waals surface area contributed by atoms with Crippen LogP contribution in [0.4, 0.5) is 0 Å². The maximum Gasteiger partial charge on any atom is 0.191 e. The number of hydrogen-bond acceptors (Lipinski definition) is 5. The van der Waals surface area contributed by atoms with Gasteiger partial charge in [-0.25, -0.2) is 9.67 Å². The van der Waals surface area contributed by atoms with Crippen molar-refractivity contribution in [3.63, 3.8) is 0 Å². The number of ether oxygens (including phenoxy) is 1. The molecule has 0 aliphatic carbocycles. The molecule has 2 aliphatic rings. The third kappa shape index (κ3) is 5.25. The number of hydrogen-bond donors (Lipinski definition) is 3. The number of nitrogens with one attached hydrogen (secondary N) is 3. The lowest BCUT2D eigenvalue weighted by atomic mass is 9.88. The van der Waals surface area contributed by atoms with Gasteiger partial charge in [0.1, 0.15) is 11.6 Å². The summed E-state index contributed by atoms with van der Waals surface area (Å²) in [6.07, 6.45) is 4.04. The molecule has 168 valence electrons. The number of aliphatic imine (C=N–C) groups is 1. The zero-order valence-corrected chi connectivity index (χ0v) is 18.9. The van der Waals surface area contributed by atoms with Gasteiger partial charge >= 0.3 is 0 Å². The van der Waals surface area contributed by atoms with Crippen molar-refractivity contribution in [2.75, 3.05) is 26.8 Å². The van der Waals surface area contributed by atoms with Gasteiger partial charge in [-0.2, -0.15) is 5.10 Å². The number of fused-ring (bicyclic) bond motifs is 1. The van der Waals surface area contributed by atoms with Crippen LogP contribution < -0.4 is 16.0 Å². The zero-order chi connectivity index (χ0) is 21.7. The maximum atomic E-state index is 5.68. The number of guanidine groups is 1.